The van der Waals surface area contributed by atoms with Crippen molar-refractivity contribution < 1.29 is 18.7 Å². The molecule has 1 aliphatic rings. The van der Waals surface area contributed by atoms with E-state index in [1.165, 1.54) is 11.3 Å². The Hall–Kier alpha value is -4.37. The molecule has 2 aromatic heterocycles. The van der Waals surface area contributed by atoms with Crippen molar-refractivity contribution in [1.29, 1.82) is 0 Å². The maximum atomic E-state index is 13.9. The van der Waals surface area contributed by atoms with Crippen molar-refractivity contribution in [2.75, 3.05) is 32.2 Å². The predicted molar refractivity (Wildman–Crippen MR) is 152 cm³/mol. The summed E-state index contributed by atoms with van der Waals surface area (Å²) in [6.07, 6.45) is 1.71. The number of esters is 1. The summed E-state index contributed by atoms with van der Waals surface area (Å²) >= 11 is 1.25. The van der Waals surface area contributed by atoms with Gasteiger partial charge in [-0.05, 0) is 37.6 Å². The second kappa shape index (κ2) is 11.2. The maximum absolute atomic E-state index is 13.9. The molecule has 39 heavy (non-hydrogen) atoms. The van der Waals surface area contributed by atoms with Crippen LogP contribution in [0.5, 0.6) is 5.75 Å². The largest absolute Gasteiger partial charge is 0.494 e. The smallest absolute Gasteiger partial charge is 0.338 e. The SMILES string of the molecule is CCOC(=O)C1=C(c2ccccc2)N=c2s/c(=C\c3ccc(N(C)C)o3)c(=O)n2[C@H]1c1ccc(OCC)cc1. The highest BCUT2D eigenvalue weighted by atomic mass is 32.1. The van der Waals surface area contributed by atoms with E-state index in [-0.39, 0.29) is 12.2 Å². The third kappa shape index (κ3) is 5.18. The van der Waals surface area contributed by atoms with Crippen LogP contribution in [0.3, 0.4) is 0 Å². The van der Waals surface area contributed by atoms with Gasteiger partial charge in [0.2, 0.25) is 0 Å². The topological polar surface area (TPSA) is 86.3 Å². The van der Waals surface area contributed by atoms with E-state index < -0.39 is 12.0 Å². The Morgan fingerprint density at radius 1 is 1.05 bits per heavy atom. The van der Waals surface area contributed by atoms with Gasteiger partial charge in [-0.1, -0.05) is 53.8 Å². The van der Waals surface area contributed by atoms with Gasteiger partial charge in [0, 0.05) is 31.8 Å². The third-order valence-electron chi connectivity index (χ3n) is 6.21. The highest BCUT2D eigenvalue weighted by Gasteiger charge is 2.35. The lowest BCUT2D eigenvalue weighted by Gasteiger charge is -2.26. The number of anilines is 1. The number of fused-ring (bicyclic) bond motifs is 1. The Kier molecular flexibility index (Phi) is 7.51. The molecule has 4 aromatic rings. The van der Waals surface area contributed by atoms with Gasteiger partial charge >= 0.3 is 5.97 Å². The molecule has 0 aliphatic carbocycles. The number of rotatable bonds is 8. The molecule has 1 aliphatic heterocycles. The van der Waals surface area contributed by atoms with Gasteiger partial charge in [-0.15, -0.1) is 0 Å². The third-order valence-corrected chi connectivity index (χ3v) is 7.19. The standard InChI is InChI=1S/C30H29N3O5S/c1-5-36-21-14-12-20(13-15-21)27-25(29(35)37-6-2)26(19-10-8-7-9-11-19)31-30-33(27)28(34)23(39-30)18-22-16-17-24(38-22)32(3)4/h7-18,27H,5-6H2,1-4H3/b23-18-/t27-/m0/s1. The van der Waals surface area contributed by atoms with E-state index in [1.807, 2.05) is 92.6 Å². The first-order valence-electron chi connectivity index (χ1n) is 12.7. The van der Waals surface area contributed by atoms with Gasteiger partial charge in [0.25, 0.3) is 5.56 Å². The van der Waals surface area contributed by atoms with Crippen molar-refractivity contribution in [2.45, 2.75) is 19.9 Å². The van der Waals surface area contributed by atoms with E-state index in [0.717, 1.165) is 11.1 Å². The van der Waals surface area contributed by atoms with E-state index in [9.17, 15) is 9.59 Å². The quantitative estimate of drug-likeness (QED) is 0.313. The Morgan fingerprint density at radius 2 is 1.79 bits per heavy atom. The van der Waals surface area contributed by atoms with Crippen molar-refractivity contribution in [3.63, 3.8) is 0 Å². The molecule has 0 bridgehead atoms. The van der Waals surface area contributed by atoms with Crippen LogP contribution in [0.4, 0.5) is 5.88 Å². The lowest BCUT2D eigenvalue weighted by atomic mass is 9.93. The zero-order valence-electron chi connectivity index (χ0n) is 22.2. The number of benzene rings is 2. The van der Waals surface area contributed by atoms with Crippen LogP contribution in [0.15, 0.2) is 86.5 Å². The molecule has 200 valence electrons. The van der Waals surface area contributed by atoms with Gasteiger partial charge < -0.3 is 18.8 Å². The van der Waals surface area contributed by atoms with Gasteiger partial charge in [0.15, 0.2) is 10.7 Å². The van der Waals surface area contributed by atoms with E-state index in [2.05, 4.69) is 0 Å². The number of thiazole rings is 1. The number of aromatic nitrogens is 1. The molecule has 0 amide bonds. The fourth-order valence-electron chi connectivity index (χ4n) is 4.46. The Morgan fingerprint density at radius 3 is 2.44 bits per heavy atom. The van der Waals surface area contributed by atoms with Gasteiger partial charge in [-0.3, -0.25) is 9.36 Å². The van der Waals surface area contributed by atoms with Gasteiger partial charge in [0.05, 0.1) is 35.1 Å². The Bertz CT molecular complexity index is 1700. The highest BCUT2D eigenvalue weighted by molar-refractivity contribution is 7.07. The highest BCUT2D eigenvalue weighted by Crippen LogP contribution is 2.35. The second-order valence-electron chi connectivity index (χ2n) is 9.00. The summed E-state index contributed by atoms with van der Waals surface area (Å²) in [5.74, 6) is 1.41. The minimum absolute atomic E-state index is 0.192. The molecule has 0 spiro atoms. The number of ether oxygens (including phenoxy) is 2. The normalized spacial score (nSPS) is 15.1. The molecule has 0 saturated heterocycles. The zero-order chi connectivity index (χ0) is 27.5. The van der Waals surface area contributed by atoms with Crippen LogP contribution in [-0.2, 0) is 9.53 Å². The van der Waals surface area contributed by atoms with E-state index in [0.29, 0.717) is 44.6 Å². The molecule has 0 radical (unpaired) electrons. The first-order chi connectivity index (χ1) is 18.9. The predicted octanol–water partition coefficient (Wildman–Crippen LogP) is 3.99. The van der Waals surface area contributed by atoms with Crippen LogP contribution < -0.4 is 24.5 Å². The second-order valence-corrected chi connectivity index (χ2v) is 10.0. The summed E-state index contributed by atoms with van der Waals surface area (Å²) in [5.41, 5.74) is 2.02. The summed E-state index contributed by atoms with van der Waals surface area (Å²) < 4.78 is 19.0. The van der Waals surface area contributed by atoms with Crippen LogP contribution >= 0.6 is 11.3 Å². The average Bonchev–Trinajstić information content (AvgIpc) is 3.54. The van der Waals surface area contributed by atoms with Crippen LogP contribution in [0.25, 0.3) is 11.8 Å². The summed E-state index contributed by atoms with van der Waals surface area (Å²) in [4.78, 5) is 34.6. The fraction of sp³-hybridized carbons (Fsp3) is 0.233. The van der Waals surface area contributed by atoms with Gasteiger partial charge in [0.1, 0.15) is 11.5 Å². The maximum Gasteiger partial charge on any atom is 0.338 e. The molecule has 5 rings (SSSR count). The summed E-state index contributed by atoms with van der Waals surface area (Å²) in [5, 5.41) is 0. The van der Waals surface area contributed by atoms with Gasteiger partial charge in [-0.25, -0.2) is 9.79 Å². The monoisotopic (exact) mass is 543 g/mol. The average molecular weight is 544 g/mol. The van der Waals surface area contributed by atoms with Crippen LogP contribution in [-0.4, -0.2) is 37.8 Å². The molecule has 2 aromatic carbocycles. The lowest BCUT2D eigenvalue weighted by Crippen LogP contribution is -2.40. The molecule has 0 N–H and O–H groups in total. The number of carbonyl (C=O) groups excluding carboxylic acids is 1. The zero-order valence-corrected chi connectivity index (χ0v) is 23.0. The molecule has 3 heterocycles. The Balaban J connectivity index is 1.77. The molecule has 0 unspecified atom stereocenters. The summed E-state index contributed by atoms with van der Waals surface area (Å²) in [6, 6.07) is 19.8. The van der Waals surface area contributed by atoms with E-state index in [1.54, 1.807) is 17.6 Å². The van der Waals surface area contributed by atoms with Crippen LogP contribution in [0.1, 0.15) is 36.8 Å². The van der Waals surface area contributed by atoms with Crippen molar-refractivity contribution in [1.82, 2.24) is 4.57 Å². The number of hydrogen-bond donors (Lipinski definition) is 0. The summed E-state index contributed by atoms with van der Waals surface area (Å²) in [6.45, 7) is 4.40. The number of carbonyl (C=O) groups is 1. The fourth-order valence-corrected chi connectivity index (χ4v) is 5.44. The van der Waals surface area contributed by atoms with Crippen molar-refractivity contribution in [2.24, 2.45) is 4.99 Å². The number of nitrogens with zero attached hydrogens (tertiary/aromatic N) is 3. The summed E-state index contributed by atoms with van der Waals surface area (Å²) in [7, 11) is 3.77. The Labute approximate surface area is 229 Å². The minimum Gasteiger partial charge on any atom is -0.494 e. The first kappa shape index (κ1) is 26.2. The number of hydrogen-bond acceptors (Lipinski definition) is 8. The van der Waals surface area contributed by atoms with Crippen molar-refractivity contribution in [3.8, 4) is 5.75 Å². The lowest BCUT2D eigenvalue weighted by molar-refractivity contribution is -0.138. The number of furan rings is 1. The minimum atomic E-state index is -0.748. The molecule has 8 nitrogen and oxygen atoms in total. The van der Waals surface area contributed by atoms with Crippen LogP contribution in [0, 0.1) is 0 Å². The molecule has 9 heteroatoms. The molecule has 1 atom stereocenters. The van der Waals surface area contributed by atoms with E-state index in [4.69, 9.17) is 18.9 Å². The molecular formula is C30H29N3O5S. The van der Waals surface area contributed by atoms with Gasteiger partial charge in [-0.2, -0.15) is 0 Å². The van der Waals surface area contributed by atoms with Crippen LogP contribution in [0.2, 0.25) is 0 Å². The molecule has 0 saturated carbocycles. The van der Waals surface area contributed by atoms with Crippen molar-refractivity contribution >= 4 is 35.0 Å². The van der Waals surface area contributed by atoms with Crippen molar-refractivity contribution in [3.05, 3.63) is 109 Å². The first-order valence-corrected chi connectivity index (χ1v) is 13.5. The molecule has 0 fully saturated rings. The molecular weight excluding hydrogens is 514 g/mol. The van der Waals surface area contributed by atoms with E-state index >= 15 is 0 Å².